The van der Waals surface area contributed by atoms with E-state index in [1.165, 1.54) is 10.5 Å². The topological polar surface area (TPSA) is 37.8 Å². The van der Waals surface area contributed by atoms with Crippen LogP contribution in [0.15, 0.2) is 34.2 Å². The maximum Gasteiger partial charge on any atom is 0.133 e. The van der Waals surface area contributed by atoms with Crippen molar-refractivity contribution >= 4 is 17.6 Å². The molecule has 1 aromatic carbocycles. The smallest absolute Gasteiger partial charge is 0.133 e. The Bertz CT molecular complexity index is 606. The van der Waals surface area contributed by atoms with Crippen LogP contribution in [0.5, 0.6) is 0 Å². The van der Waals surface area contributed by atoms with E-state index in [1.807, 2.05) is 7.05 Å². The molecule has 0 unspecified atom stereocenters. The van der Waals surface area contributed by atoms with Gasteiger partial charge in [-0.3, -0.25) is 0 Å². The van der Waals surface area contributed by atoms with Crippen LogP contribution in [0.3, 0.4) is 0 Å². The third-order valence-electron chi connectivity index (χ3n) is 3.46. The number of aromatic nitrogens is 2. The minimum Gasteiger partial charge on any atom is -0.373 e. The molecule has 0 amide bonds. The average molecular weight is 301 g/mol. The van der Waals surface area contributed by atoms with Crippen LogP contribution >= 0.6 is 11.8 Å². The molecule has 2 rings (SSSR count). The second-order valence-electron chi connectivity index (χ2n) is 5.35. The van der Waals surface area contributed by atoms with Gasteiger partial charge >= 0.3 is 0 Å². The van der Waals surface area contributed by atoms with Gasteiger partial charge in [-0.1, -0.05) is 44.7 Å². The molecule has 0 spiro atoms. The van der Waals surface area contributed by atoms with Gasteiger partial charge in [0.05, 0.1) is 0 Å². The summed E-state index contributed by atoms with van der Waals surface area (Å²) >= 11 is 1.70. The number of hydrogen-bond acceptors (Lipinski definition) is 4. The molecule has 4 heteroatoms. The summed E-state index contributed by atoms with van der Waals surface area (Å²) in [6, 6.07) is 8.74. The monoisotopic (exact) mass is 301 g/mol. The predicted molar refractivity (Wildman–Crippen MR) is 90.3 cm³/mol. The fraction of sp³-hybridized carbons (Fsp3) is 0.412. The van der Waals surface area contributed by atoms with Crippen molar-refractivity contribution in [1.82, 2.24) is 9.97 Å². The number of nitrogens with one attached hydrogen (secondary N) is 1. The Morgan fingerprint density at radius 3 is 2.33 bits per heavy atom. The quantitative estimate of drug-likeness (QED) is 0.815. The van der Waals surface area contributed by atoms with Crippen LogP contribution in [0.2, 0.25) is 0 Å². The van der Waals surface area contributed by atoms with Crippen molar-refractivity contribution in [2.45, 2.75) is 50.0 Å². The molecule has 1 heterocycles. The lowest BCUT2D eigenvalue weighted by Gasteiger charge is -2.12. The van der Waals surface area contributed by atoms with E-state index in [0.29, 0.717) is 5.92 Å². The normalized spacial score (nSPS) is 11.0. The highest BCUT2D eigenvalue weighted by Gasteiger charge is 2.11. The zero-order chi connectivity index (χ0) is 15.4. The van der Waals surface area contributed by atoms with Gasteiger partial charge in [0.2, 0.25) is 0 Å². The molecule has 3 nitrogen and oxygen atoms in total. The summed E-state index contributed by atoms with van der Waals surface area (Å²) in [6.45, 7) is 8.57. The van der Waals surface area contributed by atoms with Crippen molar-refractivity contribution in [3.8, 4) is 0 Å². The molecule has 0 atom stereocenters. The summed E-state index contributed by atoms with van der Waals surface area (Å²) in [6.07, 6.45) is 0.842. The molecule has 0 saturated carbocycles. The maximum atomic E-state index is 4.66. The molecule has 0 aliphatic heterocycles. The minimum atomic E-state index is 0.562. The number of benzene rings is 1. The highest BCUT2D eigenvalue weighted by Crippen LogP contribution is 2.32. The first-order chi connectivity index (χ1) is 10.0. The molecular weight excluding hydrogens is 278 g/mol. The second-order valence-corrected chi connectivity index (χ2v) is 6.41. The summed E-state index contributed by atoms with van der Waals surface area (Å²) in [5.74, 6) is 2.36. The van der Waals surface area contributed by atoms with Gasteiger partial charge in [-0.2, -0.15) is 0 Å². The van der Waals surface area contributed by atoms with Gasteiger partial charge in [0.1, 0.15) is 16.7 Å². The summed E-state index contributed by atoms with van der Waals surface area (Å²) in [7, 11) is 1.90. The highest BCUT2D eigenvalue weighted by molar-refractivity contribution is 7.99. The lowest BCUT2D eigenvalue weighted by Crippen LogP contribution is -2.04. The molecule has 112 valence electrons. The fourth-order valence-corrected chi connectivity index (χ4v) is 2.97. The third-order valence-corrected chi connectivity index (χ3v) is 4.56. The third kappa shape index (κ3) is 3.76. The minimum absolute atomic E-state index is 0.562. The van der Waals surface area contributed by atoms with E-state index in [4.69, 9.17) is 0 Å². The van der Waals surface area contributed by atoms with Crippen LogP contribution in [0.1, 0.15) is 43.6 Å². The predicted octanol–water partition coefficient (Wildman–Crippen LogP) is 4.66. The fourth-order valence-electron chi connectivity index (χ4n) is 2.07. The molecule has 21 heavy (non-hydrogen) atoms. The maximum absolute atomic E-state index is 4.66. The first-order valence-electron chi connectivity index (χ1n) is 7.38. The molecule has 0 saturated heterocycles. The van der Waals surface area contributed by atoms with Crippen LogP contribution in [0, 0.1) is 6.92 Å². The number of rotatable bonds is 5. The van der Waals surface area contributed by atoms with Gasteiger partial charge in [0.15, 0.2) is 0 Å². The summed E-state index contributed by atoms with van der Waals surface area (Å²) in [5.41, 5.74) is 2.47. The van der Waals surface area contributed by atoms with Crippen molar-refractivity contribution in [1.29, 1.82) is 0 Å². The molecule has 0 aliphatic carbocycles. The Morgan fingerprint density at radius 2 is 1.81 bits per heavy atom. The van der Waals surface area contributed by atoms with E-state index >= 15 is 0 Å². The summed E-state index contributed by atoms with van der Waals surface area (Å²) in [5, 5.41) is 4.19. The Kier molecular flexibility index (Phi) is 5.23. The Hall–Kier alpha value is -1.55. The van der Waals surface area contributed by atoms with E-state index in [9.17, 15) is 0 Å². The molecule has 0 aliphatic rings. The first-order valence-corrected chi connectivity index (χ1v) is 8.19. The van der Waals surface area contributed by atoms with Crippen LogP contribution in [-0.4, -0.2) is 17.0 Å². The molecule has 0 fully saturated rings. The molecule has 2 aromatic rings. The summed E-state index contributed by atoms with van der Waals surface area (Å²) < 4.78 is 0. The Labute approximate surface area is 131 Å². The van der Waals surface area contributed by atoms with Crippen LogP contribution < -0.4 is 5.32 Å². The van der Waals surface area contributed by atoms with Crippen molar-refractivity contribution in [3.05, 3.63) is 41.2 Å². The van der Waals surface area contributed by atoms with E-state index in [2.05, 4.69) is 67.2 Å². The number of nitrogens with zero attached hydrogens (tertiary/aromatic N) is 2. The van der Waals surface area contributed by atoms with E-state index in [-0.39, 0.29) is 0 Å². The molecule has 1 N–H and O–H groups in total. The SMILES string of the molecule is CCc1nc(NC)c(C)c(Sc2ccc(C(C)C)cc2)n1. The van der Waals surface area contributed by atoms with Crippen molar-refractivity contribution < 1.29 is 0 Å². The lowest BCUT2D eigenvalue weighted by atomic mass is 10.0. The molecule has 0 radical (unpaired) electrons. The van der Waals surface area contributed by atoms with Gasteiger partial charge in [0.25, 0.3) is 0 Å². The number of hydrogen-bond donors (Lipinski definition) is 1. The van der Waals surface area contributed by atoms with E-state index < -0.39 is 0 Å². The molecular formula is C17H23N3S. The van der Waals surface area contributed by atoms with Crippen LogP contribution in [0.25, 0.3) is 0 Å². The van der Waals surface area contributed by atoms with Crippen molar-refractivity contribution in [2.24, 2.45) is 0 Å². The Balaban J connectivity index is 2.30. The highest BCUT2D eigenvalue weighted by atomic mass is 32.2. The summed E-state index contributed by atoms with van der Waals surface area (Å²) in [4.78, 5) is 10.4. The standard InChI is InChI=1S/C17H23N3S/c1-6-15-19-16(18-5)12(4)17(20-15)21-14-9-7-13(8-10-14)11(2)3/h7-11H,6H2,1-5H3,(H,18,19,20). The zero-order valence-corrected chi connectivity index (χ0v) is 14.2. The molecule has 0 bridgehead atoms. The van der Waals surface area contributed by atoms with Gasteiger partial charge in [-0.05, 0) is 30.5 Å². The number of aryl methyl sites for hydroxylation is 1. The van der Waals surface area contributed by atoms with E-state index in [0.717, 1.165) is 28.7 Å². The second kappa shape index (κ2) is 6.94. The van der Waals surface area contributed by atoms with Gasteiger partial charge in [-0.25, -0.2) is 9.97 Å². The largest absolute Gasteiger partial charge is 0.373 e. The number of anilines is 1. The van der Waals surface area contributed by atoms with Crippen LogP contribution in [0.4, 0.5) is 5.82 Å². The van der Waals surface area contributed by atoms with Gasteiger partial charge in [0, 0.05) is 23.9 Å². The first kappa shape index (κ1) is 15.8. The lowest BCUT2D eigenvalue weighted by molar-refractivity contribution is 0.864. The van der Waals surface area contributed by atoms with Crippen molar-refractivity contribution in [2.75, 3.05) is 12.4 Å². The van der Waals surface area contributed by atoms with Gasteiger partial charge < -0.3 is 5.32 Å². The van der Waals surface area contributed by atoms with Gasteiger partial charge in [-0.15, -0.1) is 0 Å². The zero-order valence-electron chi connectivity index (χ0n) is 13.4. The van der Waals surface area contributed by atoms with E-state index in [1.54, 1.807) is 11.8 Å². The van der Waals surface area contributed by atoms with Crippen LogP contribution in [-0.2, 0) is 6.42 Å². The Morgan fingerprint density at radius 1 is 1.14 bits per heavy atom. The average Bonchev–Trinajstić information content (AvgIpc) is 2.49. The molecule has 1 aromatic heterocycles. The van der Waals surface area contributed by atoms with Crippen molar-refractivity contribution in [3.63, 3.8) is 0 Å².